The zero-order valence-electron chi connectivity index (χ0n) is 2.73. The van der Waals surface area contributed by atoms with E-state index in [1.54, 1.807) is 6.92 Å². The summed E-state index contributed by atoms with van der Waals surface area (Å²) in [5, 5.41) is 7.94. The third-order valence-electron chi connectivity index (χ3n) is 0. The van der Waals surface area contributed by atoms with E-state index in [-0.39, 0.29) is 25.8 Å². The van der Waals surface area contributed by atoms with Crippen molar-refractivity contribution in [3.05, 3.63) is 6.92 Å². The van der Waals surface area contributed by atoms with Crippen molar-refractivity contribution in [2.24, 2.45) is 0 Å². The van der Waals surface area contributed by atoms with Gasteiger partial charge in [0.2, 0.25) is 0 Å². The standard InChI is InChI=1S/C3H7O.In.3H/c1-3(2)4;;;;/h3-4H,1H2,2H3;;;;. The fourth-order valence-corrected chi connectivity index (χ4v) is 0. The summed E-state index contributed by atoms with van der Waals surface area (Å²) >= 11 is 0. The molecule has 0 rings (SSSR count). The average molecular weight is 177 g/mol. The first-order chi connectivity index (χ1) is 1.73. The van der Waals surface area contributed by atoms with Gasteiger partial charge >= 0.3 is 25.8 Å². The minimum atomic E-state index is -0.417. The van der Waals surface area contributed by atoms with Crippen LogP contribution in [0.3, 0.4) is 0 Å². The van der Waals surface area contributed by atoms with Crippen molar-refractivity contribution in [3.8, 4) is 0 Å². The van der Waals surface area contributed by atoms with Crippen molar-refractivity contribution in [3.63, 3.8) is 0 Å². The Hall–Kier alpha value is 0.830. The van der Waals surface area contributed by atoms with E-state index >= 15 is 0 Å². The van der Waals surface area contributed by atoms with Crippen LogP contribution >= 0.6 is 0 Å². The number of hydrogen-bond donors (Lipinski definition) is 1. The number of rotatable bonds is 0. The molecule has 0 heterocycles. The number of aliphatic hydroxyl groups is 1. The molecule has 0 fully saturated rings. The first-order valence-corrected chi connectivity index (χ1v) is 1.24. The van der Waals surface area contributed by atoms with E-state index in [2.05, 4.69) is 6.92 Å². The third-order valence-corrected chi connectivity index (χ3v) is 0. The van der Waals surface area contributed by atoms with Crippen LogP contribution in [-0.2, 0) is 0 Å². The minimum absolute atomic E-state index is 0. The van der Waals surface area contributed by atoms with Gasteiger partial charge in [-0.25, -0.2) is 0 Å². The van der Waals surface area contributed by atoms with Gasteiger partial charge in [0.15, 0.2) is 0 Å². The van der Waals surface area contributed by atoms with Gasteiger partial charge < -0.3 is 5.11 Å². The van der Waals surface area contributed by atoms with Crippen molar-refractivity contribution in [1.29, 1.82) is 0 Å². The first-order valence-electron chi connectivity index (χ1n) is 1.24. The van der Waals surface area contributed by atoms with E-state index in [4.69, 9.17) is 5.11 Å². The van der Waals surface area contributed by atoms with Crippen molar-refractivity contribution >= 4 is 25.8 Å². The fraction of sp³-hybridized carbons (Fsp3) is 0.667. The topological polar surface area (TPSA) is 20.2 Å². The van der Waals surface area contributed by atoms with E-state index in [9.17, 15) is 0 Å². The molecule has 1 N–H and O–H groups in total. The van der Waals surface area contributed by atoms with Crippen LogP contribution in [0.1, 0.15) is 6.92 Å². The maximum atomic E-state index is 7.94. The van der Waals surface area contributed by atoms with Gasteiger partial charge in [0.1, 0.15) is 0 Å². The molecule has 1 radical (unpaired) electrons. The summed E-state index contributed by atoms with van der Waals surface area (Å²) < 4.78 is 0. The Balaban J connectivity index is 0. The predicted octanol–water partition coefficient (Wildman–Crippen LogP) is -0.983. The molecule has 0 aliphatic heterocycles. The molecule has 0 saturated carbocycles. The van der Waals surface area contributed by atoms with E-state index < -0.39 is 6.10 Å². The van der Waals surface area contributed by atoms with Gasteiger partial charge in [-0.1, -0.05) is 0 Å². The predicted molar refractivity (Wildman–Crippen MR) is 27.0 cm³/mol. The Kier molecular flexibility index (Phi) is 8.96. The van der Waals surface area contributed by atoms with Gasteiger partial charge in [0, 0.05) is 0 Å². The molecular formula is C3H10InO. The summed E-state index contributed by atoms with van der Waals surface area (Å²) in [6.07, 6.45) is -0.417. The number of aliphatic hydroxyl groups excluding tert-OH is 1. The van der Waals surface area contributed by atoms with Gasteiger partial charge in [-0.15, -0.1) is 0 Å². The van der Waals surface area contributed by atoms with Gasteiger partial charge in [-0.2, -0.15) is 0 Å². The summed E-state index contributed by atoms with van der Waals surface area (Å²) in [4.78, 5) is 0. The fourth-order valence-electron chi connectivity index (χ4n) is 0. The van der Waals surface area contributed by atoms with Crippen molar-refractivity contribution in [1.82, 2.24) is 0 Å². The Labute approximate surface area is 51.2 Å². The van der Waals surface area contributed by atoms with Crippen LogP contribution in [0.4, 0.5) is 0 Å². The SMILES string of the molecule is [CH2]C(C)O.[InH3]. The van der Waals surface area contributed by atoms with Crippen LogP contribution in [0, 0.1) is 6.92 Å². The molecule has 0 bridgehead atoms. The van der Waals surface area contributed by atoms with Crippen molar-refractivity contribution < 1.29 is 5.11 Å². The second-order valence-corrected chi connectivity index (χ2v) is 0.849. The van der Waals surface area contributed by atoms with Crippen LogP contribution in [0.2, 0.25) is 0 Å². The molecule has 1 nitrogen and oxygen atoms in total. The molecular weight excluding hydrogens is 167 g/mol. The van der Waals surface area contributed by atoms with Crippen molar-refractivity contribution in [2.75, 3.05) is 0 Å². The van der Waals surface area contributed by atoms with E-state index in [0.717, 1.165) is 0 Å². The summed E-state index contributed by atoms with van der Waals surface area (Å²) in [5.41, 5.74) is 0. The van der Waals surface area contributed by atoms with Gasteiger partial charge in [-0.3, -0.25) is 0 Å². The Morgan fingerprint density at radius 3 is 1.80 bits per heavy atom. The van der Waals surface area contributed by atoms with Crippen molar-refractivity contribution in [2.45, 2.75) is 13.0 Å². The monoisotopic (exact) mass is 177 g/mol. The number of hydrogen-bond acceptors (Lipinski definition) is 1. The van der Waals surface area contributed by atoms with Crippen LogP contribution in [0.25, 0.3) is 0 Å². The van der Waals surface area contributed by atoms with E-state index in [1.165, 1.54) is 0 Å². The van der Waals surface area contributed by atoms with Gasteiger partial charge in [0.25, 0.3) is 0 Å². The molecule has 5 heavy (non-hydrogen) atoms. The molecule has 31 valence electrons. The quantitative estimate of drug-likeness (QED) is 0.504. The maximum absolute atomic E-state index is 7.94. The summed E-state index contributed by atoms with van der Waals surface area (Å²) in [6.45, 7) is 4.81. The molecule has 1 atom stereocenters. The molecule has 0 saturated heterocycles. The molecule has 0 spiro atoms. The Bertz CT molecular complexity index is 11.6. The zero-order chi connectivity index (χ0) is 3.58. The van der Waals surface area contributed by atoms with Crippen LogP contribution < -0.4 is 0 Å². The van der Waals surface area contributed by atoms with E-state index in [1.807, 2.05) is 0 Å². The molecule has 0 aromatic carbocycles. The molecule has 0 aliphatic carbocycles. The second kappa shape index (κ2) is 4.83. The first kappa shape index (κ1) is 9.27. The van der Waals surface area contributed by atoms with E-state index in [0.29, 0.717) is 0 Å². The molecule has 0 aliphatic rings. The zero-order valence-corrected chi connectivity index (χ0v) is 2.73. The average Bonchev–Trinajstić information content (AvgIpc) is 0.811. The van der Waals surface area contributed by atoms with Crippen LogP contribution in [0.5, 0.6) is 0 Å². The molecule has 1 unspecified atom stereocenters. The molecule has 2 heteroatoms. The molecule has 0 aromatic rings. The second-order valence-electron chi connectivity index (χ2n) is 0.849. The third kappa shape index (κ3) is 56.1. The summed E-state index contributed by atoms with van der Waals surface area (Å²) in [5.74, 6) is 0. The Morgan fingerprint density at radius 1 is 1.80 bits per heavy atom. The normalized spacial score (nSPS) is 7.20. The summed E-state index contributed by atoms with van der Waals surface area (Å²) in [7, 11) is 0. The van der Waals surface area contributed by atoms with Gasteiger partial charge in [-0.05, 0) is 13.8 Å². The van der Waals surface area contributed by atoms with Crippen LogP contribution in [0.15, 0.2) is 0 Å². The Morgan fingerprint density at radius 2 is 1.80 bits per heavy atom. The molecule has 0 aromatic heterocycles. The van der Waals surface area contributed by atoms with Gasteiger partial charge in [0.05, 0.1) is 6.10 Å². The summed E-state index contributed by atoms with van der Waals surface area (Å²) in [6, 6.07) is 0. The van der Waals surface area contributed by atoms with Crippen LogP contribution in [-0.4, -0.2) is 37.1 Å². The molecule has 0 amide bonds.